The van der Waals surface area contributed by atoms with Gasteiger partial charge in [-0.1, -0.05) is 11.8 Å². The lowest BCUT2D eigenvalue weighted by Crippen LogP contribution is -2.34. The van der Waals surface area contributed by atoms with Crippen LogP contribution in [0.1, 0.15) is 49.1 Å². The van der Waals surface area contributed by atoms with Crippen molar-refractivity contribution in [3.05, 3.63) is 35.2 Å². The highest BCUT2D eigenvalue weighted by atomic mass is 32.2. The quantitative estimate of drug-likeness (QED) is 0.499. The van der Waals surface area contributed by atoms with Crippen molar-refractivity contribution in [3.63, 3.8) is 0 Å². The van der Waals surface area contributed by atoms with Crippen molar-refractivity contribution in [2.75, 3.05) is 11.1 Å². The highest BCUT2D eigenvalue weighted by Gasteiger charge is 2.44. The lowest BCUT2D eigenvalue weighted by Gasteiger charge is -2.21. The highest BCUT2D eigenvalue weighted by molar-refractivity contribution is 7.99. The number of aryl methyl sites for hydroxylation is 2. The van der Waals surface area contributed by atoms with Crippen LogP contribution in [0.25, 0.3) is 0 Å². The maximum Gasteiger partial charge on any atom is 0.251 e. The maximum atomic E-state index is 12.5. The molecule has 2 aliphatic rings. The smallest absolute Gasteiger partial charge is 0.251 e. The fraction of sp³-hybridized carbons (Fsp3) is 0.455. The molecule has 0 unspecified atom stereocenters. The zero-order valence-electron chi connectivity index (χ0n) is 17.7. The minimum Gasteiger partial charge on any atom is -0.448 e. The van der Waals surface area contributed by atoms with Crippen molar-refractivity contribution < 1.29 is 19.1 Å². The first-order valence-corrected chi connectivity index (χ1v) is 11.4. The molecule has 2 heterocycles. The normalized spacial score (nSPS) is 15.9. The monoisotopic (exact) mass is 442 g/mol. The van der Waals surface area contributed by atoms with E-state index >= 15 is 0 Å². The number of carbonyl (C=O) groups is 2. The SMILES string of the molecule is Cc1nc(SCC(N)=O)nc(C)c1CCC(=O)Nc1ccc2c(c1)OC1(CCCC1)O2. The number of benzene rings is 1. The molecule has 9 heteroatoms. The first-order valence-electron chi connectivity index (χ1n) is 10.4. The number of nitrogens with two attached hydrogens (primary N) is 1. The van der Waals surface area contributed by atoms with E-state index in [1.165, 1.54) is 11.8 Å². The Morgan fingerprint density at radius 3 is 2.48 bits per heavy atom. The summed E-state index contributed by atoms with van der Waals surface area (Å²) in [5.41, 5.74) is 8.40. The molecule has 31 heavy (non-hydrogen) atoms. The third kappa shape index (κ3) is 4.92. The Kier molecular flexibility index (Phi) is 6.04. The van der Waals surface area contributed by atoms with Crippen LogP contribution in [-0.2, 0) is 16.0 Å². The number of hydrogen-bond donors (Lipinski definition) is 2. The summed E-state index contributed by atoms with van der Waals surface area (Å²) < 4.78 is 12.1. The van der Waals surface area contributed by atoms with Crippen molar-refractivity contribution in [3.8, 4) is 11.5 Å². The number of primary amides is 1. The Morgan fingerprint density at radius 2 is 1.81 bits per heavy atom. The van der Waals surface area contributed by atoms with Gasteiger partial charge in [-0.3, -0.25) is 9.59 Å². The molecule has 2 amide bonds. The summed E-state index contributed by atoms with van der Waals surface area (Å²) in [5.74, 6) is 0.535. The van der Waals surface area contributed by atoms with Gasteiger partial charge in [0.05, 0.1) is 5.75 Å². The van der Waals surface area contributed by atoms with Crippen molar-refractivity contribution in [2.45, 2.75) is 63.3 Å². The molecule has 1 spiro atoms. The summed E-state index contributed by atoms with van der Waals surface area (Å²) in [6.07, 6.45) is 4.82. The Bertz CT molecular complexity index is 998. The van der Waals surface area contributed by atoms with Gasteiger partial charge >= 0.3 is 0 Å². The minimum atomic E-state index is -0.512. The molecule has 1 aliphatic carbocycles. The number of nitrogens with zero attached hydrogens (tertiary/aromatic N) is 2. The molecule has 0 saturated heterocycles. The lowest BCUT2D eigenvalue weighted by molar-refractivity contribution is -0.116. The maximum absolute atomic E-state index is 12.5. The highest BCUT2D eigenvalue weighted by Crippen LogP contribution is 2.47. The fourth-order valence-corrected chi connectivity index (χ4v) is 4.70. The number of amides is 2. The second-order valence-corrected chi connectivity index (χ2v) is 8.88. The summed E-state index contributed by atoms with van der Waals surface area (Å²) in [7, 11) is 0. The zero-order valence-corrected chi connectivity index (χ0v) is 18.5. The third-order valence-electron chi connectivity index (χ3n) is 5.53. The van der Waals surface area contributed by atoms with Gasteiger partial charge in [-0.2, -0.15) is 0 Å². The Balaban J connectivity index is 1.34. The van der Waals surface area contributed by atoms with E-state index in [4.69, 9.17) is 15.2 Å². The van der Waals surface area contributed by atoms with Gasteiger partial charge in [0.25, 0.3) is 5.79 Å². The molecule has 1 fully saturated rings. The summed E-state index contributed by atoms with van der Waals surface area (Å²) in [6.45, 7) is 3.76. The molecule has 164 valence electrons. The Labute approximate surface area is 185 Å². The van der Waals surface area contributed by atoms with E-state index in [2.05, 4.69) is 15.3 Å². The molecule has 1 aliphatic heterocycles. The number of anilines is 1. The second-order valence-electron chi connectivity index (χ2n) is 7.94. The number of ether oxygens (including phenoxy) is 2. The number of hydrogen-bond acceptors (Lipinski definition) is 7. The second kappa shape index (κ2) is 8.74. The van der Waals surface area contributed by atoms with Crippen LogP contribution in [0.15, 0.2) is 23.4 Å². The molecule has 3 N–H and O–H groups in total. The molecule has 8 nitrogen and oxygen atoms in total. The van der Waals surface area contributed by atoms with E-state index in [9.17, 15) is 9.59 Å². The zero-order chi connectivity index (χ0) is 22.0. The van der Waals surface area contributed by atoms with Gasteiger partial charge in [0, 0.05) is 42.4 Å². The average Bonchev–Trinajstić information content (AvgIpc) is 3.31. The minimum absolute atomic E-state index is 0.0968. The summed E-state index contributed by atoms with van der Waals surface area (Å²) >= 11 is 1.21. The van der Waals surface area contributed by atoms with Crippen LogP contribution in [0, 0.1) is 13.8 Å². The predicted octanol–water partition coefficient (Wildman–Crippen LogP) is 3.28. The van der Waals surface area contributed by atoms with E-state index in [-0.39, 0.29) is 11.7 Å². The molecule has 1 saturated carbocycles. The van der Waals surface area contributed by atoms with E-state index in [0.717, 1.165) is 48.4 Å². The van der Waals surface area contributed by atoms with Crippen molar-refractivity contribution in [1.82, 2.24) is 9.97 Å². The molecule has 0 bridgehead atoms. The standard InChI is InChI=1S/C22H26N4O4S/c1-13-16(14(2)25-21(24-13)31-12-19(23)27)6-8-20(28)26-15-5-7-17-18(11-15)30-22(29-17)9-3-4-10-22/h5,7,11H,3-4,6,8-10,12H2,1-2H3,(H2,23,27)(H,26,28). The third-order valence-corrected chi connectivity index (χ3v) is 6.40. The van der Waals surface area contributed by atoms with Crippen molar-refractivity contribution in [1.29, 1.82) is 0 Å². The summed E-state index contributed by atoms with van der Waals surface area (Å²) in [6, 6.07) is 5.51. The Morgan fingerprint density at radius 1 is 1.13 bits per heavy atom. The average molecular weight is 443 g/mol. The van der Waals surface area contributed by atoms with E-state index in [0.29, 0.717) is 29.4 Å². The van der Waals surface area contributed by atoms with Crippen LogP contribution in [-0.4, -0.2) is 33.3 Å². The molecular formula is C22H26N4O4S. The number of thioether (sulfide) groups is 1. The van der Waals surface area contributed by atoms with Crippen LogP contribution in [0.3, 0.4) is 0 Å². The first kappa shape index (κ1) is 21.4. The van der Waals surface area contributed by atoms with E-state index < -0.39 is 11.7 Å². The molecule has 2 aromatic rings. The topological polar surface area (TPSA) is 116 Å². The van der Waals surface area contributed by atoms with Crippen molar-refractivity contribution >= 4 is 29.3 Å². The first-order chi connectivity index (χ1) is 14.8. The number of nitrogens with one attached hydrogen (secondary N) is 1. The largest absolute Gasteiger partial charge is 0.448 e. The predicted molar refractivity (Wildman–Crippen MR) is 117 cm³/mol. The summed E-state index contributed by atoms with van der Waals surface area (Å²) in [4.78, 5) is 32.3. The molecule has 1 aromatic carbocycles. The fourth-order valence-electron chi connectivity index (χ4n) is 4.02. The van der Waals surface area contributed by atoms with Crippen LogP contribution in [0.2, 0.25) is 0 Å². The molecule has 1 aromatic heterocycles. The van der Waals surface area contributed by atoms with E-state index in [1.807, 2.05) is 32.0 Å². The van der Waals surface area contributed by atoms with Crippen LogP contribution in [0.4, 0.5) is 5.69 Å². The Hall–Kier alpha value is -2.81. The van der Waals surface area contributed by atoms with Gasteiger partial charge in [0.15, 0.2) is 16.7 Å². The van der Waals surface area contributed by atoms with Gasteiger partial charge in [-0.25, -0.2) is 9.97 Å². The van der Waals surface area contributed by atoms with Crippen molar-refractivity contribution in [2.24, 2.45) is 5.73 Å². The summed E-state index contributed by atoms with van der Waals surface area (Å²) in [5, 5.41) is 3.45. The molecule has 4 rings (SSSR count). The van der Waals surface area contributed by atoms with Crippen LogP contribution in [0.5, 0.6) is 11.5 Å². The van der Waals surface area contributed by atoms with Gasteiger partial charge in [-0.15, -0.1) is 0 Å². The molecular weight excluding hydrogens is 416 g/mol. The van der Waals surface area contributed by atoms with Gasteiger partial charge in [0.1, 0.15) is 0 Å². The van der Waals surface area contributed by atoms with Crippen LogP contribution >= 0.6 is 11.8 Å². The molecule has 0 atom stereocenters. The molecule has 0 radical (unpaired) electrons. The van der Waals surface area contributed by atoms with Gasteiger partial charge in [0.2, 0.25) is 11.8 Å². The van der Waals surface area contributed by atoms with E-state index in [1.54, 1.807) is 0 Å². The number of carbonyl (C=O) groups excluding carboxylic acids is 2. The number of fused-ring (bicyclic) bond motifs is 1. The van der Waals surface area contributed by atoms with Gasteiger partial charge < -0.3 is 20.5 Å². The number of aromatic nitrogens is 2. The van der Waals surface area contributed by atoms with Gasteiger partial charge in [-0.05, 0) is 50.8 Å². The van der Waals surface area contributed by atoms with Crippen LogP contribution < -0.4 is 20.5 Å². The lowest BCUT2D eigenvalue weighted by atomic mass is 10.1. The number of rotatable bonds is 7.